The first-order valence-corrected chi connectivity index (χ1v) is 11.1. The molecular formula is C24H40O5. The van der Waals surface area contributed by atoms with Crippen molar-refractivity contribution in [3.63, 3.8) is 0 Å². The van der Waals surface area contributed by atoms with Gasteiger partial charge in [0, 0.05) is 6.42 Å². The summed E-state index contributed by atoms with van der Waals surface area (Å²) in [7, 11) is 0. The third-order valence-corrected chi connectivity index (χ3v) is 6.30. The summed E-state index contributed by atoms with van der Waals surface area (Å²) in [5, 5.41) is 28.1. The number of aliphatic hydroxyl groups is 2. The normalized spacial score (nSPS) is 27.7. The molecule has 5 nitrogen and oxygen atoms in total. The zero-order valence-corrected chi connectivity index (χ0v) is 18.5. The summed E-state index contributed by atoms with van der Waals surface area (Å²) in [6, 6.07) is 0. The molecule has 0 aromatic rings. The van der Waals surface area contributed by atoms with E-state index in [4.69, 9.17) is 5.11 Å². The number of hydrogen-bond acceptors (Lipinski definition) is 4. The van der Waals surface area contributed by atoms with Gasteiger partial charge in [-0.05, 0) is 75.2 Å². The fourth-order valence-electron chi connectivity index (χ4n) is 4.11. The van der Waals surface area contributed by atoms with Gasteiger partial charge in [-0.3, -0.25) is 4.79 Å². The van der Waals surface area contributed by atoms with Gasteiger partial charge in [0.25, 0.3) is 0 Å². The van der Waals surface area contributed by atoms with E-state index in [1.807, 2.05) is 13.0 Å². The Morgan fingerprint density at radius 3 is 2.48 bits per heavy atom. The third-order valence-electron chi connectivity index (χ3n) is 6.30. The predicted octanol–water partition coefficient (Wildman–Crippen LogP) is 4.52. The van der Waals surface area contributed by atoms with Crippen molar-refractivity contribution in [3.8, 4) is 0 Å². The van der Waals surface area contributed by atoms with Gasteiger partial charge in [0.2, 0.25) is 0 Å². The number of hydrogen-bond donors (Lipinski definition) is 3. The zero-order valence-electron chi connectivity index (χ0n) is 18.5. The van der Waals surface area contributed by atoms with E-state index < -0.39 is 5.97 Å². The van der Waals surface area contributed by atoms with Crippen LogP contribution in [0.15, 0.2) is 23.8 Å². The topological polar surface area (TPSA) is 94.8 Å². The van der Waals surface area contributed by atoms with Gasteiger partial charge in [-0.25, -0.2) is 0 Å². The summed E-state index contributed by atoms with van der Waals surface area (Å²) in [6.07, 6.45) is 12.4. The molecule has 0 heterocycles. The Hall–Kier alpha value is -1.46. The molecule has 0 spiro atoms. The smallest absolute Gasteiger partial charge is 0.306 e. The molecule has 0 fully saturated rings. The van der Waals surface area contributed by atoms with Crippen molar-refractivity contribution >= 4 is 11.8 Å². The molecule has 0 amide bonds. The van der Waals surface area contributed by atoms with Gasteiger partial charge < -0.3 is 20.1 Å². The van der Waals surface area contributed by atoms with E-state index in [1.165, 1.54) is 5.57 Å². The lowest BCUT2D eigenvalue weighted by molar-refractivity contribution is -0.141. The highest BCUT2D eigenvalue weighted by molar-refractivity contribution is 5.75. The number of carboxylic acids is 1. The largest absolute Gasteiger partial charge is 0.481 e. The van der Waals surface area contributed by atoms with E-state index in [9.17, 15) is 19.8 Å². The highest BCUT2D eigenvalue weighted by atomic mass is 16.4. The molecule has 0 aromatic carbocycles. The first-order chi connectivity index (χ1) is 13.6. The molecule has 0 aliphatic heterocycles. The highest BCUT2D eigenvalue weighted by Crippen LogP contribution is 2.42. The molecule has 29 heavy (non-hydrogen) atoms. The lowest BCUT2D eigenvalue weighted by Crippen LogP contribution is -2.30. The molecule has 166 valence electrons. The maximum absolute atomic E-state index is 10.9. The van der Waals surface area contributed by atoms with Gasteiger partial charge in [-0.2, -0.15) is 0 Å². The predicted molar refractivity (Wildman–Crippen MR) is 115 cm³/mol. The second-order valence-corrected chi connectivity index (χ2v) is 8.77. The van der Waals surface area contributed by atoms with Crippen molar-refractivity contribution < 1.29 is 24.9 Å². The summed E-state index contributed by atoms with van der Waals surface area (Å²) in [6.45, 7) is 7.42. The number of ketones is 1. The minimum atomic E-state index is -0.706. The molecule has 0 saturated heterocycles. The number of fused-ring (bicyclic) bond motifs is 1. The maximum atomic E-state index is 10.9. The van der Waals surface area contributed by atoms with Crippen LogP contribution >= 0.6 is 0 Å². The molecule has 6 unspecified atom stereocenters. The summed E-state index contributed by atoms with van der Waals surface area (Å²) in [5.74, 6) is 0.942. The van der Waals surface area contributed by atoms with Crippen LogP contribution in [-0.2, 0) is 9.59 Å². The second kappa shape index (κ2) is 13.0. The number of carbonyl (C=O) groups is 2. The summed E-state index contributed by atoms with van der Waals surface area (Å²) in [5.41, 5.74) is 1.29. The number of rotatable bonds is 9. The van der Waals surface area contributed by atoms with Gasteiger partial charge in [-0.15, -0.1) is 0 Å². The number of aliphatic carboxylic acids is 1. The van der Waals surface area contributed by atoms with Crippen molar-refractivity contribution in [1.29, 1.82) is 0 Å². The van der Waals surface area contributed by atoms with Crippen LogP contribution in [0, 0.1) is 23.7 Å². The SMILES string of the molecule is CC(=O)CCCC(O)CCC1C(C)C=CC2=CC(O)CCC21.CCC(C)C(=O)O. The molecular weight excluding hydrogens is 368 g/mol. The van der Waals surface area contributed by atoms with Gasteiger partial charge in [-0.1, -0.05) is 39.0 Å². The van der Waals surface area contributed by atoms with Crippen LogP contribution in [0.3, 0.4) is 0 Å². The van der Waals surface area contributed by atoms with Crippen molar-refractivity contribution in [2.24, 2.45) is 23.7 Å². The fraction of sp³-hybridized carbons (Fsp3) is 0.750. The van der Waals surface area contributed by atoms with Crippen molar-refractivity contribution in [3.05, 3.63) is 23.8 Å². The summed E-state index contributed by atoms with van der Waals surface area (Å²) < 4.78 is 0. The molecule has 2 aliphatic rings. The van der Waals surface area contributed by atoms with Crippen LogP contribution in [0.5, 0.6) is 0 Å². The van der Waals surface area contributed by atoms with E-state index in [-0.39, 0.29) is 23.9 Å². The number of carboxylic acid groups (broad SMARTS) is 1. The van der Waals surface area contributed by atoms with Crippen LogP contribution in [0.2, 0.25) is 0 Å². The molecule has 2 rings (SSSR count). The maximum Gasteiger partial charge on any atom is 0.306 e. The average Bonchev–Trinajstić information content (AvgIpc) is 2.66. The molecule has 0 aromatic heterocycles. The van der Waals surface area contributed by atoms with Crippen molar-refractivity contribution in [2.45, 2.75) is 91.3 Å². The minimum absolute atomic E-state index is 0.181. The Labute approximate surface area is 175 Å². The molecule has 6 atom stereocenters. The Morgan fingerprint density at radius 1 is 1.24 bits per heavy atom. The van der Waals surface area contributed by atoms with Crippen LogP contribution in [0.25, 0.3) is 0 Å². The number of carbonyl (C=O) groups excluding carboxylic acids is 1. The number of aliphatic hydroxyl groups excluding tert-OH is 2. The summed E-state index contributed by atoms with van der Waals surface area (Å²) >= 11 is 0. The lowest BCUT2D eigenvalue weighted by atomic mass is 9.67. The third kappa shape index (κ3) is 9.26. The molecule has 2 aliphatic carbocycles. The van der Waals surface area contributed by atoms with Gasteiger partial charge in [0.15, 0.2) is 0 Å². The molecule has 3 N–H and O–H groups in total. The summed E-state index contributed by atoms with van der Waals surface area (Å²) in [4.78, 5) is 20.9. The van der Waals surface area contributed by atoms with Crippen LogP contribution in [-0.4, -0.2) is 39.3 Å². The average molecular weight is 409 g/mol. The Bertz CT molecular complexity index is 580. The Morgan fingerprint density at radius 2 is 1.93 bits per heavy atom. The quantitative estimate of drug-likeness (QED) is 0.521. The monoisotopic (exact) mass is 408 g/mol. The van der Waals surface area contributed by atoms with Gasteiger partial charge >= 0.3 is 5.97 Å². The number of Topliss-reactive ketones (excluding diaryl/α,β-unsaturated/α-hetero) is 1. The zero-order chi connectivity index (χ0) is 22.0. The Balaban J connectivity index is 0.000000516. The Kier molecular flexibility index (Phi) is 11.4. The van der Waals surface area contributed by atoms with Crippen LogP contribution in [0.4, 0.5) is 0 Å². The van der Waals surface area contributed by atoms with Gasteiger partial charge in [0.05, 0.1) is 18.1 Å². The highest BCUT2D eigenvalue weighted by Gasteiger charge is 2.33. The van der Waals surface area contributed by atoms with E-state index in [1.54, 1.807) is 13.8 Å². The first kappa shape index (κ1) is 25.6. The minimum Gasteiger partial charge on any atom is -0.481 e. The fourth-order valence-corrected chi connectivity index (χ4v) is 4.11. The van der Waals surface area contributed by atoms with E-state index >= 15 is 0 Å². The molecule has 5 heteroatoms. The second-order valence-electron chi connectivity index (χ2n) is 8.77. The molecule has 0 saturated carbocycles. The van der Waals surface area contributed by atoms with Gasteiger partial charge in [0.1, 0.15) is 5.78 Å². The van der Waals surface area contributed by atoms with E-state index in [0.717, 1.165) is 44.9 Å². The van der Waals surface area contributed by atoms with E-state index in [0.29, 0.717) is 24.2 Å². The van der Waals surface area contributed by atoms with Crippen molar-refractivity contribution in [2.75, 3.05) is 0 Å². The first-order valence-electron chi connectivity index (χ1n) is 11.1. The lowest BCUT2D eigenvalue weighted by Gasteiger charge is -2.38. The molecule has 0 bridgehead atoms. The molecule has 0 radical (unpaired) electrons. The number of allylic oxidation sites excluding steroid dienone is 3. The van der Waals surface area contributed by atoms with Crippen LogP contribution in [0.1, 0.15) is 79.1 Å². The standard InChI is InChI=1S/C19H30O3.C5H10O2/c1-13-6-7-15-12-17(22)9-11-19(15)18(13)10-8-16(21)5-3-4-14(2)20;1-3-4(2)5(6)7/h6-7,12-13,16-19,21-22H,3-5,8-11H2,1-2H3;4H,3H2,1-2H3,(H,6,7). The van der Waals surface area contributed by atoms with Crippen LogP contribution < -0.4 is 0 Å². The van der Waals surface area contributed by atoms with Crippen molar-refractivity contribution in [1.82, 2.24) is 0 Å². The van der Waals surface area contributed by atoms with E-state index in [2.05, 4.69) is 19.1 Å².